The van der Waals surface area contributed by atoms with Gasteiger partial charge in [0.2, 0.25) is 11.8 Å². The average Bonchev–Trinajstić information content (AvgIpc) is 3.86. The molecule has 1 aromatic rings. The number of ether oxygens (including phenoxy) is 2. The molecule has 0 radical (unpaired) electrons. The van der Waals surface area contributed by atoms with Gasteiger partial charge in [-0.1, -0.05) is 30.7 Å². The van der Waals surface area contributed by atoms with Crippen molar-refractivity contribution in [3.63, 3.8) is 0 Å². The van der Waals surface area contributed by atoms with Crippen molar-refractivity contribution in [2.24, 2.45) is 11.8 Å². The van der Waals surface area contributed by atoms with E-state index in [1.165, 1.54) is 0 Å². The monoisotopic (exact) mass is 713 g/mol. The molecule has 1 aliphatic carbocycles. The van der Waals surface area contributed by atoms with E-state index >= 15 is 4.79 Å². The molecule has 276 valence electrons. The third-order valence-corrected chi connectivity index (χ3v) is 11.7. The Kier molecular flexibility index (Phi) is 11.3. The summed E-state index contributed by atoms with van der Waals surface area (Å²) in [4.78, 5) is 66.6. The smallest absolute Gasteiger partial charge is 0.410 e. The first-order valence-corrected chi connectivity index (χ1v) is 19.1. The van der Waals surface area contributed by atoms with Crippen LogP contribution in [-0.2, 0) is 23.9 Å². The van der Waals surface area contributed by atoms with Gasteiger partial charge >= 0.3 is 6.09 Å². The third kappa shape index (κ3) is 8.26. The van der Waals surface area contributed by atoms with Crippen molar-refractivity contribution in [1.82, 2.24) is 24.5 Å². The van der Waals surface area contributed by atoms with Gasteiger partial charge in [-0.15, -0.1) is 0 Å². The first-order valence-electron chi connectivity index (χ1n) is 18.7. The molecule has 11 nitrogen and oxygen atoms in total. The van der Waals surface area contributed by atoms with Gasteiger partial charge in [0.25, 0.3) is 5.91 Å². The van der Waals surface area contributed by atoms with Crippen LogP contribution in [0.3, 0.4) is 0 Å². The van der Waals surface area contributed by atoms with Gasteiger partial charge in [0.1, 0.15) is 17.7 Å². The Morgan fingerprint density at radius 3 is 2.16 bits per heavy atom. The fourth-order valence-corrected chi connectivity index (χ4v) is 8.76. The Balaban J connectivity index is 1.32. The average molecular weight is 714 g/mol. The number of likely N-dealkylation sites (N-methyl/N-ethyl adjacent to an activating group) is 1. The molecular formula is C38H56ClN5O6. The highest BCUT2D eigenvalue weighted by molar-refractivity contribution is 6.30. The van der Waals surface area contributed by atoms with Crippen LogP contribution in [0.2, 0.25) is 5.02 Å². The summed E-state index contributed by atoms with van der Waals surface area (Å²) >= 11 is 6.25. The highest BCUT2D eigenvalue weighted by atomic mass is 35.5. The predicted molar refractivity (Wildman–Crippen MR) is 191 cm³/mol. The lowest BCUT2D eigenvalue weighted by Gasteiger charge is -2.41. The lowest BCUT2D eigenvalue weighted by molar-refractivity contribution is -0.148. The lowest BCUT2D eigenvalue weighted by atomic mass is 9.85. The van der Waals surface area contributed by atoms with Gasteiger partial charge in [-0.3, -0.25) is 14.4 Å². The summed E-state index contributed by atoms with van der Waals surface area (Å²) in [6.45, 7) is 11.8. The Hall–Kier alpha value is -2.89. The standard InChI is InChI=1S/C38H56ClN5O6/c1-25-8-14-28(15-9-25)44(36(47)33-7-6-20-49-33)29-21-32(35(46)41-18-16-40(5)17-19-41)43(22-29)34(45)31-24-42(37(48)50-38(2,3)4)23-30(31)26-10-12-27(39)13-11-26/h10-13,25,28-33H,6-9,14-24H2,1-5H3/t25-,28+,29-,30-,31+,32-,33-/m0/s1. The van der Waals surface area contributed by atoms with Gasteiger partial charge in [0.15, 0.2) is 0 Å². The van der Waals surface area contributed by atoms with Crippen molar-refractivity contribution in [1.29, 1.82) is 0 Å². The zero-order valence-corrected chi connectivity index (χ0v) is 31.3. The number of halogens is 1. The van der Waals surface area contributed by atoms with Crippen LogP contribution in [0.4, 0.5) is 4.79 Å². The summed E-state index contributed by atoms with van der Waals surface area (Å²) < 4.78 is 11.7. The second-order valence-electron chi connectivity index (χ2n) is 16.3. The molecule has 0 spiro atoms. The number of hydrogen-bond donors (Lipinski definition) is 0. The minimum atomic E-state index is -0.695. The molecule has 4 heterocycles. The molecule has 4 aliphatic heterocycles. The van der Waals surface area contributed by atoms with E-state index in [0.29, 0.717) is 50.0 Å². The fraction of sp³-hybridized carbons (Fsp3) is 0.737. The summed E-state index contributed by atoms with van der Waals surface area (Å²) in [5.41, 5.74) is 0.218. The minimum absolute atomic E-state index is 0.00292. The van der Waals surface area contributed by atoms with Crippen LogP contribution in [0.5, 0.6) is 0 Å². The Morgan fingerprint density at radius 1 is 0.860 bits per heavy atom. The van der Waals surface area contributed by atoms with Crippen LogP contribution in [-0.4, -0.2) is 138 Å². The zero-order valence-electron chi connectivity index (χ0n) is 30.5. The number of nitrogens with zero attached hydrogens (tertiary/aromatic N) is 5. The van der Waals surface area contributed by atoms with E-state index in [2.05, 4.69) is 18.9 Å². The molecule has 0 bridgehead atoms. The molecular weight excluding hydrogens is 658 g/mol. The van der Waals surface area contributed by atoms with E-state index in [9.17, 15) is 14.4 Å². The molecule has 5 aliphatic rings. The maximum atomic E-state index is 15.0. The van der Waals surface area contributed by atoms with Gasteiger partial charge in [-0.25, -0.2) is 4.79 Å². The molecule has 0 N–H and O–H groups in total. The molecule has 12 heteroatoms. The number of carbonyl (C=O) groups is 4. The van der Waals surface area contributed by atoms with Crippen molar-refractivity contribution >= 4 is 35.4 Å². The Bertz CT molecular complexity index is 1380. The Labute approximate surface area is 302 Å². The van der Waals surface area contributed by atoms with Crippen molar-refractivity contribution in [2.75, 3.05) is 59.5 Å². The van der Waals surface area contributed by atoms with Crippen LogP contribution in [0.1, 0.15) is 84.1 Å². The molecule has 0 aromatic heterocycles. The van der Waals surface area contributed by atoms with Crippen LogP contribution >= 0.6 is 11.6 Å². The number of hydrogen-bond acceptors (Lipinski definition) is 7. The van der Waals surface area contributed by atoms with Crippen LogP contribution < -0.4 is 0 Å². The van der Waals surface area contributed by atoms with Crippen LogP contribution in [0.25, 0.3) is 0 Å². The van der Waals surface area contributed by atoms with Crippen molar-refractivity contribution in [2.45, 2.75) is 108 Å². The fourth-order valence-electron chi connectivity index (χ4n) is 8.64. The van der Waals surface area contributed by atoms with E-state index in [4.69, 9.17) is 21.1 Å². The molecule has 1 saturated carbocycles. The largest absolute Gasteiger partial charge is 0.444 e. The van der Waals surface area contributed by atoms with Gasteiger partial charge in [-0.05, 0) is 96.4 Å². The lowest BCUT2D eigenvalue weighted by Crippen LogP contribution is -2.54. The highest BCUT2D eigenvalue weighted by Crippen LogP contribution is 2.39. The number of likely N-dealkylation sites (tertiary alicyclic amines) is 2. The number of carbonyl (C=O) groups excluding carboxylic acids is 4. The summed E-state index contributed by atoms with van der Waals surface area (Å²) in [6.07, 6.45) is 4.93. The summed E-state index contributed by atoms with van der Waals surface area (Å²) in [5, 5.41) is 0.590. The van der Waals surface area contributed by atoms with Crippen LogP contribution in [0, 0.1) is 11.8 Å². The van der Waals surface area contributed by atoms with E-state index in [-0.39, 0.29) is 48.8 Å². The van der Waals surface area contributed by atoms with Crippen LogP contribution in [0.15, 0.2) is 24.3 Å². The maximum Gasteiger partial charge on any atom is 0.410 e. The summed E-state index contributed by atoms with van der Waals surface area (Å²) in [5.74, 6) is -0.505. The molecule has 5 atom stereocenters. The number of amides is 4. The molecule has 0 unspecified atom stereocenters. The second kappa shape index (κ2) is 15.4. The topological polar surface area (TPSA) is 103 Å². The van der Waals surface area contributed by atoms with Crippen molar-refractivity contribution in [3.8, 4) is 0 Å². The first-order chi connectivity index (χ1) is 23.8. The SMILES string of the molecule is CN1CCN(C(=O)[C@@H]2C[C@H](N(C(=O)[C@@H]3CCCO3)[C@H]3CC[C@@H](C)CC3)CN2C(=O)[C@@H]2CN(C(=O)OC(C)(C)C)C[C@H]2c2ccc(Cl)cc2)CC1. The molecule has 5 fully saturated rings. The van der Waals surface area contributed by atoms with Gasteiger partial charge in [-0.2, -0.15) is 0 Å². The summed E-state index contributed by atoms with van der Waals surface area (Å²) in [7, 11) is 2.05. The van der Waals surface area contributed by atoms with Gasteiger partial charge in [0.05, 0.1) is 12.0 Å². The van der Waals surface area contributed by atoms with Crippen molar-refractivity contribution < 1.29 is 28.7 Å². The molecule has 6 rings (SSSR count). The summed E-state index contributed by atoms with van der Waals surface area (Å²) in [6, 6.07) is 6.50. The number of benzene rings is 1. The normalized spacial score (nSPS) is 30.8. The molecule has 50 heavy (non-hydrogen) atoms. The Morgan fingerprint density at radius 2 is 1.54 bits per heavy atom. The van der Waals surface area contributed by atoms with E-state index in [0.717, 1.165) is 50.8 Å². The molecule has 4 saturated heterocycles. The van der Waals surface area contributed by atoms with Crippen molar-refractivity contribution in [3.05, 3.63) is 34.9 Å². The number of piperazine rings is 1. The quantitative estimate of drug-likeness (QED) is 0.424. The van der Waals surface area contributed by atoms with E-state index in [1.807, 2.05) is 42.7 Å². The molecule has 4 amide bonds. The molecule has 1 aromatic carbocycles. The third-order valence-electron chi connectivity index (χ3n) is 11.5. The van der Waals surface area contributed by atoms with Gasteiger partial charge < -0.3 is 34.0 Å². The van der Waals surface area contributed by atoms with E-state index < -0.39 is 29.8 Å². The zero-order chi connectivity index (χ0) is 35.7. The predicted octanol–water partition coefficient (Wildman–Crippen LogP) is 4.62. The van der Waals surface area contributed by atoms with Gasteiger partial charge in [0, 0.05) is 69.4 Å². The number of rotatable bonds is 6. The first kappa shape index (κ1) is 36.9. The highest BCUT2D eigenvalue weighted by Gasteiger charge is 2.51. The maximum absolute atomic E-state index is 15.0. The second-order valence-corrected chi connectivity index (χ2v) is 16.8. The minimum Gasteiger partial charge on any atom is -0.444 e. The van der Waals surface area contributed by atoms with E-state index in [1.54, 1.807) is 21.9 Å².